The summed E-state index contributed by atoms with van der Waals surface area (Å²) < 4.78 is 29.0. The van der Waals surface area contributed by atoms with E-state index < -0.39 is 23.8 Å². The molecule has 1 fully saturated rings. The maximum Gasteiger partial charge on any atom is 0.272 e. The molecule has 0 aliphatic carbocycles. The van der Waals surface area contributed by atoms with Crippen LogP contribution in [0.5, 0.6) is 0 Å². The minimum absolute atomic E-state index is 0.0731. The second kappa shape index (κ2) is 5.73. The second-order valence-electron chi connectivity index (χ2n) is 5.82. The van der Waals surface area contributed by atoms with E-state index in [1.165, 1.54) is 9.58 Å². The van der Waals surface area contributed by atoms with Crippen LogP contribution < -0.4 is 0 Å². The van der Waals surface area contributed by atoms with Crippen molar-refractivity contribution in [2.45, 2.75) is 25.5 Å². The fraction of sp³-hybridized carbons (Fsp3) is 0.375. The number of likely N-dealkylation sites (tertiary alicyclic amines) is 1. The number of carbonyl (C=O) groups excluding carboxylic acids is 1. The van der Waals surface area contributed by atoms with Crippen molar-refractivity contribution in [1.29, 1.82) is 0 Å². The Balaban J connectivity index is 1.98. The van der Waals surface area contributed by atoms with Gasteiger partial charge in [0, 0.05) is 19.2 Å². The number of amides is 1. The third-order valence-corrected chi connectivity index (χ3v) is 4.08. The highest BCUT2D eigenvalue weighted by molar-refractivity contribution is 5.93. The van der Waals surface area contributed by atoms with Crippen molar-refractivity contribution in [3.63, 3.8) is 0 Å². The highest BCUT2D eigenvalue weighted by Crippen LogP contribution is 2.35. The fourth-order valence-electron chi connectivity index (χ4n) is 3.06. The topological polar surface area (TPSA) is 58.4 Å². The molecule has 1 amide bonds. The number of hydrogen-bond donors (Lipinski definition) is 1. The molecule has 1 aromatic heterocycles. The first kappa shape index (κ1) is 15.6. The van der Waals surface area contributed by atoms with Crippen LogP contribution in [0.25, 0.3) is 0 Å². The first-order valence-electron chi connectivity index (χ1n) is 7.31. The van der Waals surface area contributed by atoms with Crippen molar-refractivity contribution in [3.8, 4) is 0 Å². The lowest BCUT2D eigenvalue weighted by Crippen LogP contribution is -2.33. The lowest BCUT2D eigenvalue weighted by molar-refractivity contribution is 0.0702. The molecule has 23 heavy (non-hydrogen) atoms. The van der Waals surface area contributed by atoms with Gasteiger partial charge in [0.2, 0.25) is 0 Å². The summed E-state index contributed by atoms with van der Waals surface area (Å²) in [4.78, 5) is 14.1. The summed E-state index contributed by atoms with van der Waals surface area (Å²) in [6.45, 7) is 1.84. The van der Waals surface area contributed by atoms with Gasteiger partial charge < -0.3 is 10.0 Å². The third-order valence-electron chi connectivity index (χ3n) is 4.08. The van der Waals surface area contributed by atoms with Crippen LogP contribution in [0, 0.1) is 18.6 Å². The molecule has 122 valence electrons. The van der Waals surface area contributed by atoms with E-state index in [1.807, 2.05) is 0 Å². The average Bonchev–Trinajstić information content (AvgIpc) is 3.03. The van der Waals surface area contributed by atoms with Crippen LogP contribution >= 0.6 is 0 Å². The molecule has 0 unspecified atom stereocenters. The van der Waals surface area contributed by atoms with Crippen molar-refractivity contribution in [1.82, 2.24) is 14.7 Å². The predicted molar refractivity (Wildman–Crippen MR) is 78.7 cm³/mol. The van der Waals surface area contributed by atoms with Gasteiger partial charge in [0.15, 0.2) is 0 Å². The van der Waals surface area contributed by atoms with Gasteiger partial charge in [-0.2, -0.15) is 5.10 Å². The number of benzene rings is 1. The second-order valence-corrected chi connectivity index (χ2v) is 5.82. The summed E-state index contributed by atoms with van der Waals surface area (Å²) in [5, 5.41) is 14.1. The maximum absolute atomic E-state index is 14.1. The van der Waals surface area contributed by atoms with Gasteiger partial charge in [0.1, 0.15) is 17.3 Å². The molecule has 2 atom stereocenters. The number of aryl methyl sites for hydroxylation is 2. The Morgan fingerprint density at radius 1 is 1.35 bits per heavy atom. The van der Waals surface area contributed by atoms with Gasteiger partial charge in [-0.05, 0) is 37.6 Å². The average molecular weight is 321 g/mol. The van der Waals surface area contributed by atoms with Crippen molar-refractivity contribution in [2.75, 3.05) is 6.54 Å². The van der Waals surface area contributed by atoms with Crippen LogP contribution in [0.1, 0.15) is 34.2 Å². The molecule has 1 aliphatic rings. The summed E-state index contributed by atoms with van der Waals surface area (Å²) in [7, 11) is 1.64. The van der Waals surface area contributed by atoms with Gasteiger partial charge in [0.05, 0.1) is 17.8 Å². The highest BCUT2D eigenvalue weighted by atomic mass is 19.1. The Labute approximate surface area is 132 Å². The van der Waals surface area contributed by atoms with E-state index in [0.717, 1.165) is 18.2 Å². The van der Waals surface area contributed by atoms with Gasteiger partial charge in [0.25, 0.3) is 5.91 Å². The van der Waals surface area contributed by atoms with E-state index >= 15 is 0 Å². The summed E-state index contributed by atoms with van der Waals surface area (Å²) in [6, 6.07) is 4.06. The van der Waals surface area contributed by atoms with E-state index in [-0.39, 0.29) is 24.4 Å². The van der Waals surface area contributed by atoms with Gasteiger partial charge in [-0.25, -0.2) is 8.78 Å². The number of hydrogen-bond acceptors (Lipinski definition) is 3. The Hall–Kier alpha value is -2.28. The Morgan fingerprint density at radius 3 is 2.74 bits per heavy atom. The summed E-state index contributed by atoms with van der Waals surface area (Å²) >= 11 is 0. The first-order valence-corrected chi connectivity index (χ1v) is 7.31. The molecular formula is C16H17F2N3O2. The van der Waals surface area contributed by atoms with Gasteiger partial charge in [-0.3, -0.25) is 9.48 Å². The number of β-amino-alcohol motifs (C(OH)–C–C–N with tert-alkyl or cyclic N) is 1. The number of nitrogens with zero attached hydrogens (tertiary/aromatic N) is 3. The number of rotatable bonds is 2. The van der Waals surface area contributed by atoms with Crippen LogP contribution in [0.15, 0.2) is 24.3 Å². The lowest BCUT2D eigenvalue weighted by atomic mass is 10.0. The molecule has 1 aromatic carbocycles. The Morgan fingerprint density at radius 2 is 2.09 bits per heavy atom. The highest BCUT2D eigenvalue weighted by Gasteiger charge is 2.38. The van der Waals surface area contributed by atoms with E-state index in [2.05, 4.69) is 5.10 Å². The van der Waals surface area contributed by atoms with Gasteiger partial charge >= 0.3 is 0 Å². The SMILES string of the molecule is Cc1cc(C(=O)N2C[C@H](O)C[C@@H]2c2cc(F)ccc2F)n(C)n1. The quantitative estimate of drug-likeness (QED) is 0.920. The molecule has 0 bridgehead atoms. The summed E-state index contributed by atoms with van der Waals surface area (Å²) in [5.41, 5.74) is 1.11. The molecule has 7 heteroatoms. The van der Waals surface area contributed by atoms with Gasteiger partial charge in [-0.15, -0.1) is 0 Å². The van der Waals surface area contributed by atoms with Crippen molar-refractivity contribution >= 4 is 5.91 Å². The summed E-state index contributed by atoms with van der Waals surface area (Å²) in [6.07, 6.45) is -0.607. The molecule has 0 spiro atoms. The standard InChI is InChI=1S/C16H17F2N3O2/c1-9-5-15(20(2)19-9)16(23)21-8-11(22)7-14(21)12-6-10(17)3-4-13(12)18/h3-6,11,14,22H,7-8H2,1-2H3/t11-,14-/m1/s1. The van der Waals surface area contributed by atoms with E-state index in [0.29, 0.717) is 11.4 Å². The summed E-state index contributed by atoms with van der Waals surface area (Å²) in [5.74, 6) is -1.53. The van der Waals surface area contributed by atoms with Crippen LogP contribution in [0.4, 0.5) is 8.78 Å². The molecule has 3 rings (SSSR count). The molecule has 1 saturated heterocycles. The number of carbonyl (C=O) groups is 1. The number of halogens is 2. The monoisotopic (exact) mass is 321 g/mol. The van der Waals surface area contributed by atoms with Gasteiger partial charge in [-0.1, -0.05) is 0 Å². The zero-order valence-electron chi connectivity index (χ0n) is 12.8. The largest absolute Gasteiger partial charge is 0.391 e. The van der Waals surface area contributed by atoms with Crippen LogP contribution in [-0.2, 0) is 7.05 Å². The van der Waals surface area contributed by atoms with E-state index in [4.69, 9.17) is 0 Å². The van der Waals surface area contributed by atoms with Crippen LogP contribution in [0.2, 0.25) is 0 Å². The number of aliphatic hydroxyl groups excluding tert-OH is 1. The molecule has 0 saturated carbocycles. The molecule has 1 N–H and O–H groups in total. The third kappa shape index (κ3) is 2.84. The molecule has 2 aromatic rings. The Kier molecular flexibility index (Phi) is 3.89. The predicted octanol–water partition coefficient (Wildman–Crippen LogP) is 1.95. The Bertz CT molecular complexity index is 760. The first-order chi connectivity index (χ1) is 10.9. The molecule has 1 aliphatic heterocycles. The molecular weight excluding hydrogens is 304 g/mol. The van der Waals surface area contributed by atoms with Crippen molar-refractivity contribution < 1.29 is 18.7 Å². The molecule has 5 nitrogen and oxygen atoms in total. The maximum atomic E-state index is 14.1. The van der Waals surface area contributed by atoms with E-state index in [1.54, 1.807) is 20.0 Å². The van der Waals surface area contributed by atoms with Crippen molar-refractivity contribution in [2.24, 2.45) is 7.05 Å². The molecule has 2 heterocycles. The fourth-order valence-corrected chi connectivity index (χ4v) is 3.06. The number of aromatic nitrogens is 2. The minimum atomic E-state index is -0.777. The van der Waals surface area contributed by atoms with Crippen LogP contribution in [0.3, 0.4) is 0 Å². The molecule has 0 radical (unpaired) electrons. The van der Waals surface area contributed by atoms with Crippen molar-refractivity contribution in [3.05, 3.63) is 52.9 Å². The minimum Gasteiger partial charge on any atom is -0.391 e. The number of aliphatic hydroxyl groups is 1. The van der Waals surface area contributed by atoms with E-state index in [9.17, 15) is 18.7 Å². The smallest absolute Gasteiger partial charge is 0.272 e. The zero-order valence-corrected chi connectivity index (χ0v) is 12.8. The lowest BCUT2D eigenvalue weighted by Gasteiger charge is -2.25. The van der Waals surface area contributed by atoms with Crippen LogP contribution in [-0.4, -0.2) is 38.3 Å². The zero-order chi connectivity index (χ0) is 16.7. The normalized spacial score (nSPS) is 21.0.